The lowest BCUT2D eigenvalue weighted by Crippen LogP contribution is -2.46. The Hall–Kier alpha value is -1.22. The molecule has 1 aromatic rings. The minimum Gasteiger partial charge on any atom is -0.399 e. The van der Waals surface area contributed by atoms with E-state index in [9.17, 15) is 0 Å². The summed E-state index contributed by atoms with van der Waals surface area (Å²) in [6, 6.07) is 8.49. The summed E-state index contributed by atoms with van der Waals surface area (Å²) < 4.78 is 6.21. The summed E-state index contributed by atoms with van der Waals surface area (Å²) >= 11 is 0. The Labute approximate surface area is 116 Å². The van der Waals surface area contributed by atoms with Crippen LogP contribution < -0.4 is 10.6 Å². The molecule has 2 rings (SSSR count). The maximum absolute atomic E-state index is 6.21. The van der Waals surface area contributed by atoms with Gasteiger partial charge in [-0.25, -0.2) is 0 Å². The van der Waals surface area contributed by atoms with Crippen LogP contribution in [0, 0.1) is 0 Å². The lowest BCUT2D eigenvalue weighted by Gasteiger charge is -2.37. The van der Waals surface area contributed by atoms with Crippen molar-refractivity contribution in [3.8, 4) is 0 Å². The summed E-state index contributed by atoms with van der Waals surface area (Å²) in [6.07, 6.45) is 1.03. The highest BCUT2D eigenvalue weighted by atomic mass is 16.5. The molecule has 1 unspecified atom stereocenters. The molecule has 2 N–H and O–H groups in total. The van der Waals surface area contributed by atoms with Gasteiger partial charge in [-0.3, -0.25) is 0 Å². The van der Waals surface area contributed by atoms with Gasteiger partial charge in [-0.05, 0) is 59.2 Å². The van der Waals surface area contributed by atoms with Gasteiger partial charge >= 0.3 is 0 Å². The largest absolute Gasteiger partial charge is 0.399 e. The molecular formula is C16H26N2O. The standard InChI is InChI=1S/C16H26N2O/c1-6-18(13-9-7-8-12(17)10-13)14-11-15(2,3)19-16(14,4)5/h7-10,14H,6,11,17H2,1-5H3. The second kappa shape index (κ2) is 4.71. The number of hydrogen-bond acceptors (Lipinski definition) is 3. The van der Waals surface area contributed by atoms with Crippen molar-refractivity contribution in [3.05, 3.63) is 24.3 Å². The molecule has 1 fully saturated rings. The molecule has 0 saturated carbocycles. The highest BCUT2D eigenvalue weighted by Gasteiger charge is 2.48. The molecule has 3 heteroatoms. The molecule has 0 amide bonds. The topological polar surface area (TPSA) is 38.5 Å². The summed E-state index contributed by atoms with van der Waals surface area (Å²) in [5.74, 6) is 0. The molecule has 1 aromatic carbocycles. The molecule has 1 heterocycles. The normalized spacial score (nSPS) is 24.4. The summed E-state index contributed by atoms with van der Waals surface area (Å²) in [5.41, 5.74) is 7.69. The lowest BCUT2D eigenvalue weighted by atomic mass is 9.92. The van der Waals surface area contributed by atoms with Crippen LogP contribution in [0.5, 0.6) is 0 Å². The van der Waals surface area contributed by atoms with Crippen LogP contribution >= 0.6 is 0 Å². The third-order valence-corrected chi connectivity index (χ3v) is 3.95. The van der Waals surface area contributed by atoms with E-state index in [2.05, 4.69) is 45.6 Å². The van der Waals surface area contributed by atoms with Crippen LogP contribution in [-0.4, -0.2) is 23.8 Å². The molecule has 1 saturated heterocycles. The zero-order chi connectivity index (χ0) is 14.3. The van der Waals surface area contributed by atoms with Crippen molar-refractivity contribution in [2.45, 2.75) is 58.3 Å². The first-order chi connectivity index (χ1) is 8.75. The Bertz CT molecular complexity index is 454. The third kappa shape index (κ3) is 2.86. The van der Waals surface area contributed by atoms with Gasteiger partial charge in [0, 0.05) is 17.9 Å². The summed E-state index contributed by atoms with van der Waals surface area (Å²) in [5, 5.41) is 0. The van der Waals surface area contributed by atoms with Crippen molar-refractivity contribution < 1.29 is 4.74 Å². The van der Waals surface area contributed by atoms with Gasteiger partial charge in [0.15, 0.2) is 0 Å². The molecular weight excluding hydrogens is 236 g/mol. The van der Waals surface area contributed by atoms with E-state index in [1.807, 2.05) is 18.2 Å². The van der Waals surface area contributed by atoms with Crippen LogP contribution in [0.3, 0.4) is 0 Å². The zero-order valence-corrected chi connectivity index (χ0v) is 12.7. The number of nitrogens with zero attached hydrogens (tertiary/aromatic N) is 1. The fourth-order valence-corrected chi connectivity index (χ4v) is 3.31. The van der Waals surface area contributed by atoms with E-state index in [1.54, 1.807) is 0 Å². The molecule has 1 aliphatic rings. The van der Waals surface area contributed by atoms with Crippen molar-refractivity contribution in [1.82, 2.24) is 0 Å². The predicted octanol–water partition coefficient (Wildman–Crippen LogP) is 3.44. The van der Waals surface area contributed by atoms with Crippen LogP contribution in [0.4, 0.5) is 11.4 Å². The number of ether oxygens (including phenoxy) is 1. The van der Waals surface area contributed by atoms with Crippen molar-refractivity contribution in [1.29, 1.82) is 0 Å². The molecule has 19 heavy (non-hydrogen) atoms. The zero-order valence-electron chi connectivity index (χ0n) is 12.7. The van der Waals surface area contributed by atoms with Crippen molar-refractivity contribution in [2.24, 2.45) is 0 Å². The van der Waals surface area contributed by atoms with Crippen LogP contribution in [0.25, 0.3) is 0 Å². The average molecular weight is 262 g/mol. The molecule has 0 radical (unpaired) electrons. The second-order valence-corrected chi connectivity index (χ2v) is 6.57. The average Bonchev–Trinajstić information content (AvgIpc) is 2.48. The number of nitrogens with two attached hydrogens (primary N) is 1. The lowest BCUT2D eigenvalue weighted by molar-refractivity contribution is -0.0678. The van der Waals surface area contributed by atoms with Gasteiger partial charge in [0.1, 0.15) is 0 Å². The van der Waals surface area contributed by atoms with E-state index in [0.29, 0.717) is 6.04 Å². The molecule has 0 aromatic heterocycles. The fraction of sp³-hybridized carbons (Fsp3) is 0.625. The molecule has 0 spiro atoms. The molecule has 0 aliphatic carbocycles. The number of hydrogen-bond donors (Lipinski definition) is 1. The SMILES string of the molecule is CCN(c1cccc(N)c1)C1CC(C)(C)OC1(C)C. The number of rotatable bonds is 3. The van der Waals surface area contributed by atoms with Gasteiger partial charge in [-0.2, -0.15) is 0 Å². The van der Waals surface area contributed by atoms with E-state index in [1.165, 1.54) is 5.69 Å². The van der Waals surface area contributed by atoms with Crippen LogP contribution in [0.15, 0.2) is 24.3 Å². The Balaban J connectivity index is 2.32. The number of anilines is 2. The Kier molecular flexibility index (Phi) is 3.52. The highest BCUT2D eigenvalue weighted by molar-refractivity contribution is 5.57. The van der Waals surface area contributed by atoms with Gasteiger partial charge in [0.25, 0.3) is 0 Å². The van der Waals surface area contributed by atoms with Crippen LogP contribution in [0.1, 0.15) is 41.0 Å². The van der Waals surface area contributed by atoms with Gasteiger partial charge in [-0.1, -0.05) is 6.07 Å². The maximum atomic E-state index is 6.21. The first-order valence-corrected chi connectivity index (χ1v) is 7.07. The van der Waals surface area contributed by atoms with Gasteiger partial charge in [-0.15, -0.1) is 0 Å². The van der Waals surface area contributed by atoms with Crippen molar-refractivity contribution >= 4 is 11.4 Å². The smallest absolute Gasteiger partial charge is 0.0837 e. The van der Waals surface area contributed by atoms with Crippen LogP contribution in [-0.2, 0) is 4.74 Å². The van der Waals surface area contributed by atoms with Crippen molar-refractivity contribution in [2.75, 3.05) is 17.2 Å². The molecule has 0 bridgehead atoms. The quantitative estimate of drug-likeness (QED) is 0.848. The van der Waals surface area contributed by atoms with Gasteiger partial charge < -0.3 is 15.4 Å². The first kappa shape index (κ1) is 14.2. The van der Waals surface area contributed by atoms with E-state index < -0.39 is 0 Å². The minimum absolute atomic E-state index is 0.0675. The van der Waals surface area contributed by atoms with E-state index >= 15 is 0 Å². The number of benzene rings is 1. The minimum atomic E-state index is -0.149. The van der Waals surface area contributed by atoms with E-state index in [-0.39, 0.29) is 11.2 Å². The highest BCUT2D eigenvalue weighted by Crippen LogP contribution is 2.41. The maximum Gasteiger partial charge on any atom is 0.0837 e. The predicted molar refractivity (Wildman–Crippen MR) is 81.5 cm³/mol. The Morgan fingerprint density at radius 3 is 2.47 bits per heavy atom. The summed E-state index contributed by atoms with van der Waals surface area (Å²) in [4.78, 5) is 2.41. The third-order valence-electron chi connectivity index (χ3n) is 3.95. The summed E-state index contributed by atoms with van der Waals surface area (Å²) in [6.45, 7) is 11.8. The molecule has 106 valence electrons. The molecule has 1 aliphatic heterocycles. The molecule has 1 atom stereocenters. The monoisotopic (exact) mass is 262 g/mol. The van der Waals surface area contributed by atoms with Crippen LogP contribution in [0.2, 0.25) is 0 Å². The van der Waals surface area contributed by atoms with Crippen molar-refractivity contribution in [3.63, 3.8) is 0 Å². The van der Waals surface area contributed by atoms with E-state index in [4.69, 9.17) is 10.5 Å². The fourth-order valence-electron chi connectivity index (χ4n) is 3.31. The van der Waals surface area contributed by atoms with Gasteiger partial charge in [0.05, 0.1) is 17.2 Å². The number of likely N-dealkylation sites (N-methyl/N-ethyl adjacent to an activating group) is 1. The first-order valence-electron chi connectivity index (χ1n) is 7.07. The Morgan fingerprint density at radius 2 is 2.00 bits per heavy atom. The number of nitrogen functional groups attached to an aromatic ring is 1. The van der Waals surface area contributed by atoms with E-state index in [0.717, 1.165) is 18.7 Å². The van der Waals surface area contributed by atoms with Gasteiger partial charge in [0.2, 0.25) is 0 Å². The Morgan fingerprint density at radius 1 is 1.32 bits per heavy atom. The second-order valence-electron chi connectivity index (χ2n) is 6.57. The molecule has 3 nitrogen and oxygen atoms in total. The summed E-state index contributed by atoms with van der Waals surface area (Å²) in [7, 11) is 0.